The van der Waals surface area contributed by atoms with Gasteiger partial charge < -0.3 is 9.90 Å². The smallest absolute Gasteiger partial charge is 0.550 e. The molecule has 0 saturated heterocycles. The molecule has 0 heterocycles. The quantitative estimate of drug-likeness (QED) is 0.373. The van der Waals surface area contributed by atoms with Gasteiger partial charge in [-0.25, -0.2) is 0 Å². The van der Waals surface area contributed by atoms with Crippen molar-refractivity contribution in [1.82, 2.24) is 0 Å². The molecular formula is C18H35CrO2+2. The number of hydrogen-bond donors (Lipinski definition) is 0. The van der Waals surface area contributed by atoms with Gasteiger partial charge in [-0.05, 0) is 12.8 Å². The summed E-state index contributed by atoms with van der Waals surface area (Å²) >= 11 is 0. The SMILES string of the molecule is CCCCCCCCCCCCCCCCCC(=O)[O-].[Cr+3]. The number of carbonyl (C=O) groups is 1. The molecule has 0 unspecified atom stereocenters. The molecule has 0 amide bonds. The predicted octanol–water partition coefficient (Wildman–Crippen LogP) is 5.00. The van der Waals surface area contributed by atoms with Crippen LogP contribution >= 0.6 is 0 Å². The van der Waals surface area contributed by atoms with Crippen LogP contribution in [0.1, 0.15) is 110 Å². The minimum absolute atomic E-state index is 0. The molecule has 21 heavy (non-hydrogen) atoms. The van der Waals surface area contributed by atoms with Crippen LogP contribution in [0.15, 0.2) is 0 Å². The summed E-state index contributed by atoms with van der Waals surface area (Å²) in [5.74, 6) is -0.903. The van der Waals surface area contributed by atoms with E-state index in [1.807, 2.05) is 0 Å². The first-order chi connectivity index (χ1) is 9.77. The van der Waals surface area contributed by atoms with Gasteiger partial charge in [0.2, 0.25) is 0 Å². The Balaban J connectivity index is 0. The molecule has 0 spiro atoms. The molecule has 0 aliphatic rings. The van der Waals surface area contributed by atoms with E-state index in [4.69, 9.17) is 0 Å². The summed E-state index contributed by atoms with van der Waals surface area (Å²) in [7, 11) is 0. The van der Waals surface area contributed by atoms with Gasteiger partial charge in [0.1, 0.15) is 0 Å². The average molecular weight is 335 g/mol. The predicted molar refractivity (Wildman–Crippen MR) is 84.6 cm³/mol. The number of carbonyl (C=O) groups excluding carboxylic acids is 1. The first kappa shape index (κ1) is 23.3. The third-order valence-electron chi connectivity index (χ3n) is 3.98. The Morgan fingerprint density at radius 1 is 0.619 bits per heavy atom. The van der Waals surface area contributed by atoms with E-state index in [-0.39, 0.29) is 23.8 Å². The summed E-state index contributed by atoms with van der Waals surface area (Å²) < 4.78 is 0. The second kappa shape index (κ2) is 20.0. The molecule has 0 N–H and O–H groups in total. The van der Waals surface area contributed by atoms with Crippen molar-refractivity contribution in [2.75, 3.05) is 0 Å². The maximum Gasteiger partial charge on any atom is 3.00 e. The number of carboxylic acid groups (broad SMARTS) is 1. The first-order valence-electron chi connectivity index (χ1n) is 8.97. The molecule has 0 fully saturated rings. The summed E-state index contributed by atoms with van der Waals surface area (Å²) in [4.78, 5) is 10.2. The van der Waals surface area contributed by atoms with Crippen molar-refractivity contribution in [3.8, 4) is 0 Å². The van der Waals surface area contributed by atoms with Gasteiger partial charge in [-0.2, -0.15) is 0 Å². The summed E-state index contributed by atoms with van der Waals surface area (Å²) in [6, 6.07) is 0. The van der Waals surface area contributed by atoms with Crippen molar-refractivity contribution in [2.45, 2.75) is 110 Å². The van der Waals surface area contributed by atoms with E-state index in [0.29, 0.717) is 0 Å². The van der Waals surface area contributed by atoms with Crippen LogP contribution in [0.3, 0.4) is 0 Å². The van der Waals surface area contributed by atoms with Gasteiger partial charge in [0.25, 0.3) is 0 Å². The van der Waals surface area contributed by atoms with Crippen molar-refractivity contribution in [3.05, 3.63) is 0 Å². The summed E-state index contributed by atoms with van der Waals surface area (Å²) in [5, 5.41) is 10.2. The maximum atomic E-state index is 10.2. The van der Waals surface area contributed by atoms with E-state index in [2.05, 4.69) is 6.92 Å². The largest absolute Gasteiger partial charge is 3.00 e. The molecule has 0 rings (SSSR count). The number of carboxylic acids is 1. The standard InChI is InChI=1S/C18H36O2.Cr/c1-2-3-4-5-6-7-8-9-10-11-12-13-14-15-16-17-18(19)20;/h2-17H2,1H3,(H,19,20);/q;+3/p-1. The Morgan fingerprint density at radius 2 is 0.905 bits per heavy atom. The third-order valence-corrected chi connectivity index (χ3v) is 3.98. The molecule has 0 aromatic carbocycles. The Kier molecular flexibility index (Phi) is 22.2. The molecule has 0 bridgehead atoms. The monoisotopic (exact) mass is 335 g/mol. The zero-order valence-corrected chi connectivity index (χ0v) is 15.3. The summed E-state index contributed by atoms with van der Waals surface area (Å²) in [6.07, 6.45) is 19.9. The third kappa shape index (κ3) is 22.4. The molecule has 0 aromatic heterocycles. The van der Waals surface area contributed by atoms with Crippen molar-refractivity contribution in [1.29, 1.82) is 0 Å². The van der Waals surface area contributed by atoms with Crippen LogP contribution in [-0.2, 0) is 22.2 Å². The number of rotatable bonds is 16. The molecule has 0 atom stereocenters. The van der Waals surface area contributed by atoms with Crippen LogP contribution in [0.4, 0.5) is 0 Å². The fourth-order valence-corrected chi connectivity index (χ4v) is 2.64. The topological polar surface area (TPSA) is 40.1 Å². The number of unbranched alkanes of at least 4 members (excludes halogenated alkanes) is 14. The van der Waals surface area contributed by atoms with Gasteiger partial charge >= 0.3 is 17.4 Å². The minimum Gasteiger partial charge on any atom is -0.550 e. The number of hydrogen-bond acceptors (Lipinski definition) is 2. The molecule has 3 heteroatoms. The van der Waals surface area contributed by atoms with E-state index in [9.17, 15) is 9.90 Å². The van der Waals surface area contributed by atoms with Crippen LogP contribution in [0.5, 0.6) is 0 Å². The summed E-state index contributed by atoms with van der Waals surface area (Å²) in [5.41, 5.74) is 0. The van der Waals surface area contributed by atoms with E-state index in [1.54, 1.807) is 0 Å². The fourth-order valence-electron chi connectivity index (χ4n) is 2.64. The molecular weight excluding hydrogens is 300 g/mol. The van der Waals surface area contributed by atoms with Crippen LogP contribution in [0.2, 0.25) is 0 Å². The maximum absolute atomic E-state index is 10.2. The Labute approximate surface area is 143 Å². The second-order valence-corrected chi connectivity index (χ2v) is 6.07. The molecule has 2 nitrogen and oxygen atoms in total. The van der Waals surface area contributed by atoms with Crippen LogP contribution in [0.25, 0.3) is 0 Å². The molecule has 1 radical (unpaired) electrons. The van der Waals surface area contributed by atoms with Gasteiger partial charge in [-0.3, -0.25) is 0 Å². The Bertz CT molecular complexity index is 207. The van der Waals surface area contributed by atoms with Crippen molar-refractivity contribution in [3.63, 3.8) is 0 Å². The average Bonchev–Trinajstić information content (AvgIpc) is 2.43. The van der Waals surface area contributed by atoms with Crippen molar-refractivity contribution < 1.29 is 27.3 Å². The molecule has 123 valence electrons. The van der Waals surface area contributed by atoms with Gasteiger partial charge in [0, 0.05) is 5.97 Å². The minimum atomic E-state index is -0.903. The van der Waals surface area contributed by atoms with E-state index in [1.165, 1.54) is 83.5 Å². The van der Waals surface area contributed by atoms with Crippen LogP contribution in [-0.4, -0.2) is 5.97 Å². The van der Waals surface area contributed by atoms with Crippen molar-refractivity contribution in [2.24, 2.45) is 0 Å². The van der Waals surface area contributed by atoms with Crippen LogP contribution < -0.4 is 5.11 Å². The fraction of sp³-hybridized carbons (Fsp3) is 0.944. The summed E-state index contributed by atoms with van der Waals surface area (Å²) in [6.45, 7) is 2.27. The van der Waals surface area contributed by atoms with E-state index in [0.717, 1.165) is 12.8 Å². The van der Waals surface area contributed by atoms with Gasteiger partial charge in [-0.1, -0.05) is 96.8 Å². The number of aliphatic carboxylic acids is 1. The Morgan fingerprint density at radius 3 is 1.19 bits per heavy atom. The van der Waals surface area contributed by atoms with Crippen molar-refractivity contribution >= 4 is 5.97 Å². The van der Waals surface area contributed by atoms with E-state index < -0.39 is 5.97 Å². The normalized spacial score (nSPS) is 10.3. The van der Waals surface area contributed by atoms with Gasteiger partial charge in [-0.15, -0.1) is 0 Å². The first-order valence-corrected chi connectivity index (χ1v) is 8.97. The van der Waals surface area contributed by atoms with Gasteiger partial charge in [0.05, 0.1) is 0 Å². The zero-order valence-electron chi connectivity index (χ0n) is 14.0. The van der Waals surface area contributed by atoms with Crippen LogP contribution in [0, 0.1) is 0 Å². The molecule has 0 saturated carbocycles. The zero-order chi connectivity index (χ0) is 14.9. The molecule has 0 aliphatic heterocycles. The second-order valence-electron chi connectivity index (χ2n) is 6.07. The van der Waals surface area contributed by atoms with Gasteiger partial charge in [0.15, 0.2) is 0 Å². The molecule has 0 aromatic rings. The van der Waals surface area contributed by atoms with E-state index >= 15 is 0 Å². The molecule has 0 aliphatic carbocycles. The Hall–Kier alpha value is 0.00247.